The average molecular weight is 278 g/mol. The number of fused-ring (bicyclic) bond motifs is 1. The Bertz CT molecular complexity index is 693. The quantitative estimate of drug-likeness (QED) is 0.784. The van der Waals surface area contributed by atoms with Crippen LogP contribution in [0.3, 0.4) is 0 Å². The molecule has 0 saturated heterocycles. The molecule has 3 aromatic rings. The van der Waals surface area contributed by atoms with E-state index in [0.717, 1.165) is 9.84 Å². The molecular formula is C11H10N4OS2. The number of aromatic nitrogens is 3. The molecular weight excluding hydrogens is 268 g/mol. The third-order valence-electron chi connectivity index (χ3n) is 2.35. The number of hydrogen-bond donors (Lipinski definition) is 1. The van der Waals surface area contributed by atoms with Gasteiger partial charge in [-0.25, -0.2) is 9.97 Å². The molecule has 0 saturated carbocycles. The maximum Gasteiger partial charge on any atom is 0.277 e. The first-order valence-corrected chi connectivity index (χ1v) is 6.94. The third kappa shape index (κ3) is 2.02. The predicted molar refractivity (Wildman–Crippen MR) is 72.6 cm³/mol. The lowest BCUT2D eigenvalue weighted by atomic mass is 10.4. The van der Waals surface area contributed by atoms with Crippen molar-refractivity contribution in [3.63, 3.8) is 0 Å². The standard InChI is InChI=1S/C11H10N4OS2/c1-6-3-12-10(17-6)14-9(16)8-5-15-4-7(2)18-11(15)13-8/h3-5H,1-2H3,(H,12,14,16). The van der Waals surface area contributed by atoms with Gasteiger partial charge in [0.1, 0.15) is 5.69 Å². The number of carbonyl (C=O) groups excluding carboxylic acids is 1. The summed E-state index contributed by atoms with van der Waals surface area (Å²) in [5, 5.41) is 3.34. The Morgan fingerprint density at radius 1 is 1.28 bits per heavy atom. The van der Waals surface area contributed by atoms with Gasteiger partial charge in [-0.05, 0) is 13.8 Å². The number of imidazole rings is 1. The molecule has 5 nitrogen and oxygen atoms in total. The topological polar surface area (TPSA) is 59.3 Å². The minimum Gasteiger partial charge on any atom is -0.297 e. The molecule has 0 spiro atoms. The molecule has 0 bridgehead atoms. The minimum absolute atomic E-state index is 0.224. The Morgan fingerprint density at radius 2 is 2.11 bits per heavy atom. The van der Waals surface area contributed by atoms with Gasteiger partial charge in [0.05, 0.1) is 0 Å². The molecule has 0 fully saturated rings. The first-order chi connectivity index (χ1) is 8.61. The lowest BCUT2D eigenvalue weighted by Crippen LogP contribution is -2.11. The van der Waals surface area contributed by atoms with E-state index in [1.807, 2.05) is 24.4 Å². The Morgan fingerprint density at radius 3 is 2.78 bits per heavy atom. The van der Waals surface area contributed by atoms with Crippen LogP contribution in [0, 0.1) is 13.8 Å². The molecule has 3 aromatic heterocycles. The maximum absolute atomic E-state index is 12.0. The Balaban J connectivity index is 1.85. The van der Waals surface area contributed by atoms with E-state index in [0.29, 0.717) is 10.8 Å². The van der Waals surface area contributed by atoms with Gasteiger partial charge in [-0.3, -0.25) is 14.5 Å². The largest absolute Gasteiger partial charge is 0.297 e. The molecule has 0 aliphatic heterocycles. The fourth-order valence-electron chi connectivity index (χ4n) is 1.59. The monoisotopic (exact) mass is 278 g/mol. The first kappa shape index (κ1) is 11.4. The van der Waals surface area contributed by atoms with E-state index in [-0.39, 0.29) is 5.91 Å². The van der Waals surface area contributed by atoms with E-state index >= 15 is 0 Å². The predicted octanol–water partition coefficient (Wildman–Crippen LogP) is 2.72. The van der Waals surface area contributed by atoms with Crippen LogP contribution in [0.4, 0.5) is 5.13 Å². The van der Waals surface area contributed by atoms with Crippen molar-refractivity contribution < 1.29 is 4.79 Å². The zero-order valence-corrected chi connectivity index (χ0v) is 11.4. The van der Waals surface area contributed by atoms with Crippen molar-refractivity contribution in [3.05, 3.63) is 34.0 Å². The van der Waals surface area contributed by atoms with Crippen LogP contribution in [0.15, 0.2) is 18.6 Å². The Hall–Kier alpha value is -1.73. The van der Waals surface area contributed by atoms with Crippen LogP contribution in [0.25, 0.3) is 4.96 Å². The highest BCUT2D eigenvalue weighted by Gasteiger charge is 2.13. The van der Waals surface area contributed by atoms with Crippen molar-refractivity contribution in [1.29, 1.82) is 0 Å². The maximum atomic E-state index is 12.0. The second-order valence-electron chi connectivity index (χ2n) is 3.89. The fraction of sp³-hybridized carbons (Fsp3) is 0.182. The highest BCUT2D eigenvalue weighted by atomic mass is 32.1. The number of aryl methyl sites for hydroxylation is 2. The summed E-state index contributed by atoms with van der Waals surface area (Å²) in [5.41, 5.74) is 0.411. The molecule has 0 radical (unpaired) electrons. The van der Waals surface area contributed by atoms with Gasteiger partial charge in [0.15, 0.2) is 10.1 Å². The van der Waals surface area contributed by atoms with Crippen LogP contribution in [0.5, 0.6) is 0 Å². The molecule has 0 unspecified atom stereocenters. The Labute approximate surface area is 111 Å². The lowest BCUT2D eigenvalue weighted by Gasteiger charge is -1.96. The van der Waals surface area contributed by atoms with Crippen LogP contribution >= 0.6 is 22.7 Å². The molecule has 1 N–H and O–H groups in total. The zero-order valence-electron chi connectivity index (χ0n) is 9.80. The van der Waals surface area contributed by atoms with Crippen molar-refractivity contribution in [2.75, 3.05) is 5.32 Å². The average Bonchev–Trinajstić information content (AvgIpc) is 2.92. The van der Waals surface area contributed by atoms with Crippen molar-refractivity contribution >= 4 is 38.7 Å². The van der Waals surface area contributed by atoms with Crippen molar-refractivity contribution in [1.82, 2.24) is 14.4 Å². The van der Waals surface area contributed by atoms with Crippen molar-refractivity contribution in [2.24, 2.45) is 0 Å². The summed E-state index contributed by atoms with van der Waals surface area (Å²) in [6.07, 6.45) is 5.42. The number of anilines is 1. The Kier molecular flexibility index (Phi) is 2.64. The number of thiazole rings is 2. The molecule has 0 aliphatic carbocycles. The van der Waals surface area contributed by atoms with E-state index < -0.39 is 0 Å². The number of amides is 1. The molecule has 92 valence electrons. The number of carbonyl (C=O) groups is 1. The van der Waals surface area contributed by atoms with Crippen LogP contribution < -0.4 is 5.32 Å². The van der Waals surface area contributed by atoms with Gasteiger partial charge >= 0.3 is 0 Å². The van der Waals surface area contributed by atoms with Gasteiger partial charge in [-0.1, -0.05) is 0 Å². The van der Waals surface area contributed by atoms with E-state index in [9.17, 15) is 4.79 Å². The molecule has 0 atom stereocenters. The van der Waals surface area contributed by atoms with Crippen molar-refractivity contribution in [3.8, 4) is 0 Å². The molecule has 3 rings (SSSR count). The SMILES string of the molecule is Cc1cnc(NC(=O)c2cn3cc(C)sc3n2)s1. The van der Waals surface area contributed by atoms with Crippen LogP contribution in [0.2, 0.25) is 0 Å². The van der Waals surface area contributed by atoms with Gasteiger partial charge in [0.2, 0.25) is 0 Å². The summed E-state index contributed by atoms with van der Waals surface area (Å²) in [6, 6.07) is 0. The van der Waals surface area contributed by atoms with Crippen LogP contribution in [0.1, 0.15) is 20.2 Å². The van der Waals surface area contributed by atoms with Gasteiger partial charge in [0.25, 0.3) is 5.91 Å². The molecule has 7 heteroatoms. The highest BCUT2D eigenvalue weighted by Crippen LogP contribution is 2.19. The van der Waals surface area contributed by atoms with E-state index in [2.05, 4.69) is 15.3 Å². The number of nitrogens with one attached hydrogen (secondary N) is 1. The molecule has 1 amide bonds. The summed E-state index contributed by atoms with van der Waals surface area (Å²) >= 11 is 3.01. The summed E-state index contributed by atoms with van der Waals surface area (Å²) in [5.74, 6) is -0.224. The molecule has 0 aromatic carbocycles. The normalized spacial score (nSPS) is 11.0. The summed E-state index contributed by atoms with van der Waals surface area (Å²) in [4.78, 5) is 23.4. The summed E-state index contributed by atoms with van der Waals surface area (Å²) in [6.45, 7) is 3.96. The molecule has 18 heavy (non-hydrogen) atoms. The second kappa shape index (κ2) is 4.18. The minimum atomic E-state index is -0.224. The highest BCUT2D eigenvalue weighted by molar-refractivity contribution is 7.17. The van der Waals surface area contributed by atoms with Gasteiger partial charge in [0, 0.05) is 28.3 Å². The van der Waals surface area contributed by atoms with Gasteiger partial charge in [-0.2, -0.15) is 0 Å². The van der Waals surface area contributed by atoms with E-state index in [4.69, 9.17) is 0 Å². The number of rotatable bonds is 2. The first-order valence-electron chi connectivity index (χ1n) is 5.31. The van der Waals surface area contributed by atoms with Crippen LogP contribution in [-0.4, -0.2) is 20.3 Å². The zero-order chi connectivity index (χ0) is 12.7. The number of nitrogens with zero attached hydrogens (tertiary/aromatic N) is 3. The van der Waals surface area contributed by atoms with Gasteiger partial charge < -0.3 is 0 Å². The number of hydrogen-bond acceptors (Lipinski definition) is 5. The van der Waals surface area contributed by atoms with Crippen molar-refractivity contribution in [2.45, 2.75) is 13.8 Å². The van der Waals surface area contributed by atoms with E-state index in [1.165, 1.54) is 16.2 Å². The smallest absolute Gasteiger partial charge is 0.277 e. The fourth-order valence-corrected chi connectivity index (χ4v) is 3.06. The molecule has 3 heterocycles. The molecule has 0 aliphatic rings. The van der Waals surface area contributed by atoms with E-state index in [1.54, 1.807) is 23.7 Å². The summed E-state index contributed by atoms with van der Waals surface area (Å²) < 4.78 is 1.86. The van der Waals surface area contributed by atoms with Gasteiger partial charge in [-0.15, -0.1) is 22.7 Å². The third-order valence-corrected chi connectivity index (χ3v) is 4.09. The van der Waals surface area contributed by atoms with Crippen LogP contribution in [-0.2, 0) is 0 Å². The summed E-state index contributed by atoms with van der Waals surface area (Å²) in [7, 11) is 0. The lowest BCUT2D eigenvalue weighted by molar-refractivity contribution is 0.102. The second-order valence-corrected chi connectivity index (χ2v) is 6.34.